The molecule has 3 heterocycles. The highest BCUT2D eigenvalue weighted by atomic mass is 16.1. The number of nitrogens with zero attached hydrogens (tertiary/aromatic N) is 6. The van der Waals surface area contributed by atoms with E-state index < -0.39 is 0 Å². The van der Waals surface area contributed by atoms with Gasteiger partial charge in [-0.2, -0.15) is 10.4 Å². The molecule has 4 rings (SSSR count). The lowest BCUT2D eigenvalue weighted by atomic mass is 10.0. The molecule has 0 saturated carbocycles. The van der Waals surface area contributed by atoms with Crippen LogP contribution in [0.15, 0.2) is 66.1 Å². The zero-order valence-electron chi connectivity index (χ0n) is 16.1. The van der Waals surface area contributed by atoms with E-state index in [9.17, 15) is 10.1 Å². The summed E-state index contributed by atoms with van der Waals surface area (Å²) in [5.41, 5.74) is 4.27. The first kappa shape index (κ1) is 18.3. The SMILES string of the molecule is CCc1ncc(-c2cc(=O)n(C)cc2-c2cnn(-c3ccccc3C#N)c2)cn1. The largest absolute Gasteiger partial charge is 0.318 e. The summed E-state index contributed by atoms with van der Waals surface area (Å²) in [4.78, 5) is 21.0. The molecule has 0 radical (unpaired) electrons. The number of hydrogen-bond acceptors (Lipinski definition) is 5. The number of benzene rings is 1. The van der Waals surface area contributed by atoms with Crippen LogP contribution in [0.1, 0.15) is 18.3 Å². The molecule has 0 aliphatic rings. The first-order chi connectivity index (χ1) is 14.1. The maximum atomic E-state index is 12.3. The van der Waals surface area contributed by atoms with Crippen LogP contribution in [0.25, 0.3) is 27.9 Å². The second-order valence-corrected chi connectivity index (χ2v) is 6.59. The van der Waals surface area contributed by atoms with Crippen molar-refractivity contribution in [1.82, 2.24) is 24.3 Å². The fourth-order valence-electron chi connectivity index (χ4n) is 3.14. The lowest BCUT2D eigenvalue weighted by Gasteiger charge is -2.10. The summed E-state index contributed by atoms with van der Waals surface area (Å²) in [6, 6.07) is 11.0. The molecule has 0 aliphatic heterocycles. The average molecular weight is 382 g/mol. The predicted octanol–water partition coefficient (Wildman–Crippen LogP) is 3.13. The van der Waals surface area contributed by atoms with Crippen molar-refractivity contribution in [1.29, 1.82) is 5.26 Å². The van der Waals surface area contributed by atoms with E-state index >= 15 is 0 Å². The minimum absolute atomic E-state index is 0.120. The number of para-hydroxylation sites is 1. The third-order valence-electron chi connectivity index (χ3n) is 4.73. The molecule has 4 aromatic rings. The molecular weight excluding hydrogens is 364 g/mol. The molecule has 1 aromatic carbocycles. The van der Waals surface area contributed by atoms with E-state index in [0.29, 0.717) is 11.3 Å². The molecule has 7 heteroatoms. The van der Waals surface area contributed by atoms with E-state index in [1.54, 1.807) is 48.6 Å². The van der Waals surface area contributed by atoms with Gasteiger partial charge in [0.05, 0.1) is 17.4 Å². The van der Waals surface area contributed by atoms with Gasteiger partial charge in [0.25, 0.3) is 5.56 Å². The van der Waals surface area contributed by atoms with Gasteiger partial charge in [-0.05, 0) is 17.7 Å². The number of pyridine rings is 1. The number of nitriles is 1. The van der Waals surface area contributed by atoms with Crippen LogP contribution in [0.2, 0.25) is 0 Å². The summed E-state index contributed by atoms with van der Waals surface area (Å²) in [5.74, 6) is 0.750. The van der Waals surface area contributed by atoms with Crippen LogP contribution in [0.4, 0.5) is 0 Å². The fraction of sp³-hybridized carbons (Fsp3) is 0.136. The van der Waals surface area contributed by atoms with Crippen LogP contribution in [-0.2, 0) is 13.5 Å². The van der Waals surface area contributed by atoms with Crippen LogP contribution >= 0.6 is 0 Å². The molecule has 7 nitrogen and oxygen atoms in total. The van der Waals surface area contributed by atoms with Gasteiger partial charge in [-0.15, -0.1) is 0 Å². The number of aromatic nitrogens is 5. The third kappa shape index (κ3) is 3.44. The summed E-state index contributed by atoms with van der Waals surface area (Å²) in [6.07, 6.45) is 9.57. The Labute approximate surface area is 167 Å². The fourth-order valence-corrected chi connectivity index (χ4v) is 3.14. The quantitative estimate of drug-likeness (QED) is 0.541. The monoisotopic (exact) mass is 382 g/mol. The van der Waals surface area contributed by atoms with E-state index in [4.69, 9.17) is 0 Å². The normalized spacial score (nSPS) is 10.7. The van der Waals surface area contributed by atoms with Gasteiger partial charge in [0.1, 0.15) is 11.9 Å². The Morgan fingerprint density at radius 1 is 1.03 bits per heavy atom. The number of aryl methyl sites for hydroxylation is 2. The van der Waals surface area contributed by atoms with Crippen molar-refractivity contribution in [2.45, 2.75) is 13.3 Å². The summed E-state index contributed by atoms with van der Waals surface area (Å²) in [5, 5.41) is 13.8. The van der Waals surface area contributed by atoms with E-state index in [-0.39, 0.29) is 5.56 Å². The van der Waals surface area contributed by atoms with E-state index in [2.05, 4.69) is 21.1 Å². The van der Waals surface area contributed by atoms with Crippen LogP contribution in [0.3, 0.4) is 0 Å². The van der Waals surface area contributed by atoms with Gasteiger partial charge in [-0.25, -0.2) is 14.6 Å². The van der Waals surface area contributed by atoms with Crippen molar-refractivity contribution < 1.29 is 0 Å². The highest BCUT2D eigenvalue weighted by Crippen LogP contribution is 2.30. The Morgan fingerprint density at radius 3 is 2.52 bits per heavy atom. The van der Waals surface area contributed by atoms with Crippen molar-refractivity contribution in [3.05, 3.63) is 83.1 Å². The summed E-state index contributed by atoms with van der Waals surface area (Å²) < 4.78 is 3.19. The minimum atomic E-state index is -0.120. The van der Waals surface area contributed by atoms with Crippen molar-refractivity contribution >= 4 is 0 Å². The maximum Gasteiger partial charge on any atom is 0.250 e. The smallest absolute Gasteiger partial charge is 0.250 e. The zero-order valence-corrected chi connectivity index (χ0v) is 16.1. The Hall–Kier alpha value is -4.05. The lowest BCUT2D eigenvalue weighted by Crippen LogP contribution is -2.15. The molecule has 0 unspecified atom stereocenters. The van der Waals surface area contributed by atoms with E-state index in [0.717, 1.165) is 34.5 Å². The maximum absolute atomic E-state index is 12.3. The second-order valence-electron chi connectivity index (χ2n) is 6.59. The van der Waals surface area contributed by atoms with Gasteiger partial charge >= 0.3 is 0 Å². The summed E-state index contributed by atoms with van der Waals surface area (Å²) >= 11 is 0. The molecule has 3 aromatic heterocycles. The zero-order chi connectivity index (χ0) is 20.4. The molecule has 0 bridgehead atoms. The Kier molecular flexibility index (Phi) is 4.75. The lowest BCUT2D eigenvalue weighted by molar-refractivity contribution is 0.862. The average Bonchev–Trinajstić information content (AvgIpc) is 3.25. The molecule has 0 N–H and O–H groups in total. The van der Waals surface area contributed by atoms with Crippen molar-refractivity contribution in [3.8, 4) is 34.0 Å². The predicted molar refractivity (Wildman–Crippen MR) is 109 cm³/mol. The first-order valence-corrected chi connectivity index (χ1v) is 9.17. The van der Waals surface area contributed by atoms with Crippen molar-refractivity contribution in [2.75, 3.05) is 0 Å². The van der Waals surface area contributed by atoms with E-state index in [1.807, 2.05) is 31.3 Å². The van der Waals surface area contributed by atoms with Crippen LogP contribution < -0.4 is 5.56 Å². The van der Waals surface area contributed by atoms with Crippen LogP contribution in [0, 0.1) is 11.3 Å². The van der Waals surface area contributed by atoms with Gasteiger partial charge in [0, 0.05) is 61.0 Å². The second kappa shape index (κ2) is 7.52. The van der Waals surface area contributed by atoms with Crippen LogP contribution in [-0.4, -0.2) is 24.3 Å². The standard InChI is InChI=1S/C22H18N6O/c1-3-21-24-10-16(11-25-21)18-8-22(29)27(2)14-19(18)17-12-26-28(13-17)20-7-5-4-6-15(20)9-23/h4-8,10-14H,3H2,1-2H3. The molecule has 0 saturated heterocycles. The summed E-state index contributed by atoms with van der Waals surface area (Å²) in [6.45, 7) is 1.99. The number of rotatable bonds is 4. The van der Waals surface area contributed by atoms with Crippen molar-refractivity contribution in [2.24, 2.45) is 7.05 Å². The molecule has 0 amide bonds. The Morgan fingerprint density at radius 2 is 1.79 bits per heavy atom. The van der Waals surface area contributed by atoms with Gasteiger partial charge in [-0.3, -0.25) is 4.79 Å². The highest BCUT2D eigenvalue weighted by Gasteiger charge is 2.14. The molecule has 0 fully saturated rings. The molecule has 0 aliphatic carbocycles. The molecule has 0 spiro atoms. The van der Waals surface area contributed by atoms with Crippen LogP contribution in [0.5, 0.6) is 0 Å². The van der Waals surface area contributed by atoms with E-state index in [1.165, 1.54) is 4.57 Å². The Balaban J connectivity index is 1.85. The third-order valence-corrected chi connectivity index (χ3v) is 4.73. The molecule has 29 heavy (non-hydrogen) atoms. The summed E-state index contributed by atoms with van der Waals surface area (Å²) in [7, 11) is 1.71. The van der Waals surface area contributed by atoms with Gasteiger partial charge in [0.2, 0.25) is 0 Å². The van der Waals surface area contributed by atoms with Gasteiger partial charge in [0.15, 0.2) is 0 Å². The number of hydrogen-bond donors (Lipinski definition) is 0. The molecular formula is C22H18N6O. The Bertz CT molecular complexity index is 1280. The minimum Gasteiger partial charge on any atom is -0.318 e. The van der Waals surface area contributed by atoms with Gasteiger partial charge in [-0.1, -0.05) is 19.1 Å². The van der Waals surface area contributed by atoms with Gasteiger partial charge < -0.3 is 4.57 Å². The molecule has 142 valence electrons. The topological polar surface area (TPSA) is 89.4 Å². The van der Waals surface area contributed by atoms with Crippen molar-refractivity contribution in [3.63, 3.8) is 0 Å². The first-order valence-electron chi connectivity index (χ1n) is 9.17. The highest BCUT2D eigenvalue weighted by molar-refractivity contribution is 5.81. The molecule has 0 atom stereocenters.